The molecule has 0 aromatic heterocycles. The summed E-state index contributed by atoms with van der Waals surface area (Å²) in [6.45, 7) is 16.6. The van der Waals surface area contributed by atoms with E-state index in [1.807, 2.05) is 0 Å². The Bertz CT molecular complexity index is 1040. The van der Waals surface area contributed by atoms with Crippen LogP contribution in [-0.2, 0) is 35.5 Å². The van der Waals surface area contributed by atoms with Crippen LogP contribution in [0.3, 0.4) is 0 Å². The van der Waals surface area contributed by atoms with E-state index < -0.39 is 36.3 Å². The molecule has 1 heterocycles. The molecule has 1 aliphatic rings. The van der Waals surface area contributed by atoms with E-state index in [0.717, 1.165) is 25.3 Å². The standard InChI is InChI=1S/C30H49F3NO6P/c1-22(2)13-11-10-12-18-36-26-15-14-24(19-25(26)30(31,32)33)16-17-29(20-37-23(3)34-29)21-38-41(35,39-27(4,5)6)40-28(7,8)9/h14-15,19,22H,10-13,16-18,20-21H2,1-9H3. The lowest BCUT2D eigenvalue weighted by atomic mass is 9.93. The van der Waals surface area contributed by atoms with Crippen molar-refractivity contribution in [1.82, 2.24) is 0 Å². The molecule has 41 heavy (non-hydrogen) atoms. The number of rotatable bonds is 15. The summed E-state index contributed by atoms with van der Waals surface area (Å²) in [6.07, 6.45) is -0.269. The molecular weight excluding hydrogens is 558 g/mol. The second kappa shape index (κ2) is 14.2. The Morgan fingerprint density at radius 1 is 1.02 bits per heavy atom. The molecule has 1 aliphatic heterocycles. The number of aliphatic imine (C=N–C) groups is 1. The van der Waals surface area contributed by atoms with Crippen molar-refractivity contribution in [2.24, 2.45) is 10.9 Å². The van der Waals surface area contributed by atoms with Gasteiger partial charge in [0.05, 0.1) is 30.0 Å². The Balaban J connectivity index is 2.15. The molecule has 0 bridgehead atoms. The van der Waals surface area contributed by atoms with Gasteiger partial charge in [0, 0.05) is 6.92 Å². The highest BCUT2D eigenvalue weighted by Gasteiger charge is 2.43. The lowest BCUT2D eigenvalue weighted by Gasteiger charge is -2.33. The fraction of sp³-hybridized carbons (Fsp3) is 0.767. The van der Waals surface area contributed by atoms with Crippen LogP contribution in [-0.4, -0.2) is 42.5 Å². The number of nitrogens with zero attached hydrogens (tertiary/aromatic N) is 1. The summed E-state index contributed by atoms with van der Waals surface area (Å²) in [6, 6.07) is 4.16. The predicted octanol–water partition coefficient (Wildman–Crippen LogP) is 9.18. The lowest BCUT2D eigenvalue weighted by Crippen LogP contribution is -2.36. The molecule has 2 rings (SSSR count). The molecule has 0 spiro atoms. The monoisotopic (exact) mass is 607 g/mol. The van der Waals surface area contributed by atoms with Crippen LogP contribution in [0.1, 0.15) is 106 Å². The van der Waals surface area contributed by atoms with Gasteiger partial charge in [0.15, 0.2) is 5.90 Å². The van der Waals surface area contributed by atoms with Crippen molar-refractivity contribution >= 4 is 13.7 Å². The van der Waals surface area contributed by atoms with Crippen LogP contribution in [0, 0.1) is 5.92 Å². The average Bonchev–Trinajstić information content (AvgIpc) is 3.17. The molecule has 1 aromatic rings. The first kappa shape index (κ1) is 35.6. The number of halogens is 3. The molecule has 1 aromatic carbocycles. The van der Waals surface area contributed by atoms with Crippen LogP contribution in [0.15, 0.2) is 23.2 Å². The van der Waals surface area contributed by atoms with Gasteiger partial charge in [-0.25, -0.2) is 9.56 Å². The molecule has 0 saturated heterocycles. The second-order valence-electron chi connectivity index (χ2n) is 13.2. The average molecular weight is 608 g/mol. The number of ether oxygens (including phenoxy) is 2. The minimum Gasteiger partial charge on any atom is -0.493 e. The molecule has 7 nitrogen and oxygen atoms in total. The number of aryl methyl sites for hydroxylation is 1. The fourth-order valence-corrected chi connectivity index (χ4v) is 6.21. The highest BCUT2D eigenvalue weighted by Crippen LogP contribution is 2.56. The van der Waals surface area contributed by atoms with Gasteiger partial charge in [-0.15, -0.1) is 0 Å². The SMILES string of the molecule is CC1=NC(CCc2ccc(OCCCCCC(C)C)c(C(F)(F)F)c2)(COP(=O)(OC(C)(C)C)OC(C)(C)C)CO1. The fourth-order valence-electron chi connectivity index (χ4n) is 4.32. The molecule has 0 aliphatic carbocycles. The first-order valence-electron chi connectivity index (χ1n) is 14.4. The number of benzene rings is 1. The number of hydrogen-bond acceptors (Lipinski definition) is 7. The largest absolute Gasteiger partial charge is 0.493 e. The van der Waals surface area contributed by atoms with E-state index in [2.05, 4.69) is 18.8 Å². The van der Waals surface area contributed by atoms with Crippen LogP contribution in [0.5, 0.6) is 5.75 Å². The van der Waals surface area contributed by atoms with Crippen molar-refractivity contribution < 1.29 is 40.8 Å². The molecule has 0 amide bonds. The predicted molar refractivity (Wildman–Crippen MR) is 156 cm³/mol. The van der Waals surface area contributed by atoms with Gasteiger partial charge in [-0.2, -0.15) is 13.2 Å². The van der Waals surface area contributed by atoms with Gasteiger partial charge >= 0.3 is 14.0 Å². The topological polar surface area (TPSA) is 75.6 Å². The first-order valence-corrected chi connectivity index (χ1v) is 15.9. The van der Waals surface area contributed by atoms with Gasteiger partial charge < -0.3 is 9.47 Å². The van der Waals surface area contributed by atoms with Gasteiger partial charge in [0.1, 0.15) is 17.9 Å². The third-order valence-corrected chi connectivity index (χ3v) is 8.11. The molecule has 0 saturated carbocycles. The summed E-state index contributed by atoms with van der Waals surface area (Å²) in [5, 5.41) is 0. The van der Waals surface area contributed by atoms with E-state index in [0.29, 0.717) is 30.2 Å². The van der Waals surface area contributed by atoms with Crippen molar-refractivity contribution in [3.63, 3.8) is 0 Å². The molecule has 1 unspecified atom stereocenters. The Morgan fingerprint density at radius 3 is 2.17 bits per heavy atom. The van der Waals surface area contributed by atoms with Crippen molar-refractivity contribution in [2.45, 2.75) is 124 Å². The summed E-state index contributed by atoms with van der Waals surface area (Å²) in [5.41, 5.74) is -2.92. The Labute approximate surface area is 244 Å². The maximum atomic E-state index is 13.9. The van der Waals surface area contributed by atoms with E-state index in [9.17, 15) is 17.7 Å². The minimum absolute atomic E-state index is 0.133. The van der Waals surface area contributed by atoms with Gasteiger partial charge in [-0.3, -0.25) is 13.6 Å². The third-order valence-electron chi connectivity index (χ3n) is 6.12. The molecular formula is C30H49F3NO6P. The van der Waals surface area contributed by atoms with Gasteiger partial charge in [0.2, 0.25) is 0 Å². The summed E-state index contributed by atoms with van der Waals surface area (Å²) in [7, 11) is -4.02. The van der Waals surface area contributed by atoms with Gasteiger partial charge in [-0.05, 0) is 84.4 Å². The summed E-state index contributed by atoms with van der Waals surface area (Å²) in [5.74, 6) is 0.861. The maximum Gasteiger partial charge on any atom is 0.475 e. The van der Waals surface area contributed by atoms with Crippen LogP contribution in [0.25, 0.3) is 0 Å². The number of phosphoric ester groups is 1. The summed E-state index contributed by atoms with van der Waals surface area (Å²) >= 11 is 0. The molecule has 236 valence electrons. The van der Waals surface area contributed by atoms with Gasteiger partial charge in [0.25, 0.3) is 0 Å². The van der Waals surface area contributed by atoms with Gasteiger partial charge in [-0.1, -0.05) is 39.2 Å². The van der Waals surface area contributed by atoms with Crippen molar-refractivity contribution in [2.75, 3.05) is 19.8 Å². The Kier molecular flexibility index (Phi) is 12.4. The zero-order valence-electron chi connectivity index (χ0n) is 26.2. The molecule has 0 radical (unpaired) electrons. The van der Waals surface area contributed by atoms with Crippen molar-refractivity contribution in [3.8, 4) is 5.75 Å². The second-order valence-corrected chi connectivity index (χ2v) is 14.7. The molecule has 0 N–H and O–H groups in total. The summed E-state index contributed by atoms with van der Waals surface area (Å²) in [4.78, 5) is 4.59. The zero-order chi connectivity index (χ0) is 31.1. The first-order chi connectivity index (χ1) is 18.7. The Hall–Kier alpha value is -1.61. The lowest BCUT2D eigenvalue weighted by molar-refractivity contribution is -0.139. The maximum absolute atomic E-state index is 13.9. The van der Waals surface area contributed by atoms with Crippen LogP contribution >= 0.6 is 7.82 Å². The number of phosphoric acid groups is 1. The third kappa shape index (κ3) is 13.1. The summed E-state index contributed by atoms with van der Waals surface area (Å²) < 4.78 is 83.8. The molecule has 11 heteroatoms. The Morgan fingerprint density at radius 2 is 1.66 bits per heavy atom. The number of hydrogen-bond donors (Lipinski definition) is 0. The zero-order valence-corrected chi connectivity index (χ0v) is 27.0. The van der Waals surface area contributed by atoms with E-state index in [-0.39, 0.29) is 32.0 Å². The highest BCUT2D eigenvalue weighted by atomic mass is 31.2. The highest BCUT2D eigenvalue weighted by molar-refractivity contribution is 7.48. The minimum atomic E-state index is -4.56. The van der Waals surface area contributed by atoms with E-state index in [4.69, 9.17) is 23.0 Å². The van der Waals surface area contributed by atoms with Crippen LogP contribution in [0.4, 0.5) is 13.2 Å². The van der Waals surface area contributed by atoms with Crippen LogP contribution in [0.2, 0.25) is 0 Å². The smallest absolute Gasteiger partial charge is 0.475 e. The van der Waals surface area contributed by atoms with E-state index in [1.165, 1.54) is 6.07 Å². The number of unbranched alkanes of at least 4 members (excludes halogenated alkanes) is 2. The van der Waals surface area contributed by atoms with Crippen molar-refractivity contribution in [3.05, 3.63) is 29.3 Å². The van der Waals surface area contributed by atoms with E-state index in [1.54, 1.807) is 54.5 Å². The van der Waals surface area contributed by atoms with Crippen LogP contribution < -0.4 is 4.74 Å². The molecule has 1 atom stereocenters. The van der Waals surface area contributed by atoms with Crippen molar-refractivity contribution in [1.29, 1.82) is 0 Å². The normalized spacial score (nSPS) is 18.5. The quantitative estimate of drug-likeness (QED) is 0.146. The molecule has 0 fully saturated rings. The van der Waals surface area contributed by atoms with E-state index >= 15 is 0 Å². The number of alkyl halides is 3.